The van der Waals surface area contributed by atoms with E-state index in [0.717, 1.165) is 0 Å². The Kier molecular flexibility index (Phi) is 2.35. The summed E-state index contributed by atoms with van der Waals surface area (Å²) in [5.74, 6) is 5.37. The van der Waals surface area contributed by atoms with E-state index >= 15 is 0 Å². The van der Waals surface area contributed by atoms with Crippen LogP contribution in [0.3, 0.4) is 0 Å². The van der Waals surface area contributed by atoms with Gasteiger partial charge < -0.3 is 0 Å². The molecule has 0 unspecified atom stereocenters. The van der Waals surface area contributed by atoms with Gasteiger partial charge in [0.25, 0.3) is 0 Å². The first-order valence-corrected chi connectivity index (χ1v) is 3.49. The predicted octanol–water partition coefficient (Wildman–Crippen LogP) is -0.0671. The van der Waals surface area contributed by atoms with Crippen LogP contribution in [0.4, 0.5) is 5.13 Å². The SMILES string of the molecule is NN(C[C]=O)c1nccs1. The monoisotopic (exact) mass is 156 g/mol. The summed E-state index contributed by atoms with van der Waals surface area (Å²) in [6, 6.07) is 0. The van der Waals surface area contributed by atoms with Crippen molar-refractivity contribution in [2.75, 3.05) is 11.6 Å². The first-order chi connectivity index (χ1) is 4.84. The van der Waals surface area contributed by atoms with Crippen molar-refractivity contribution in [3.63, 3.8) is 0 Å². The molecule has 0 aliphatic rings. The normalized spacial score (nSPS) is 9.30. The van der Waals surface area contributed by atoms with Crippen LogP contribution in [-0.4, -0.2) is 17.8 Å². The molecular weight excluding hydrogens is 150 g/mol. The van der Waals surface area contributed by atoms with Gasteiger partial charge in [-0.05, 0) is 0 Å². The third-order valence-corrected chi connectivity index (χ3v) is 1.71. The predicted molar refractivity (Wildman–Crippen MR) is 39.3 cm³/mol. The van der Waals surface area contributed by atoms with Crippen LogP contribution in [-0.2, 0) is 4.79 Å². The summed E-state index contributed by atoms with van der Waals surface area (Å²) in [5, 5.41) is 3.67. The number of carbonyl (C=O) groups excluding carboxylic acids is 1. The second kappa shape index (κ2) is 3.28. The van der Waals surface area contributed by atoms with Crippen LogP contribution in [0.15, 0.2) is 11.6 Å². The van der Waals surface area contributed by atoms with E-state index in [1.54, 1.807) is 17.9 Å². The molecule has 53 valence electrons. The van der Waals surface area contributed by atoms with Crippen molar-refractivity contribution in [3.05, 3.63) is 11.6 Å². The highest BCUT2D eigenvalue weighted by atomic mass is 32.1. The van der Waals surface area contributed by atoms with E-state index in [4.69, 9.17) is 5.84 Å². The Morgan fingerprint density at radius 3 is 3.20 bits per heavy atom. The average molecular weight is 156 g/mol. The molecule has 4 nitrogen and oxygen atoms in total. The fourth-order valence-corrected chi connectivity index (χ4v) is 1.06. The first kappa shape index (κ1) is 7.17. The van der Waals surface area contributed by atoms with Gasteiger partial charge in [-0.1, -0.05) is 0 Å². The number of hydrogen-bond acceptors (Lipinski definition) is 5. The lowest BCUT2D eigenvalue weighted by Crippen LogP contribution is -2.32. The quantitative estimate of drug-likeness (QED) is 0.491. The Morgan fingerprint density at radius 2 is 2.70 bits per heavy atom. The van der Waals surface area contributed by atoms with Crippen LogP contribution in [0.2, 0.25) is 0 Å². The minimum absolute atomic E-state index is 0.0630. The second-order valence-corrected chi connectivity index (χ2v) is 2.46. The largest absolute Gasteiger partial charge is 0.289 e. The van der Waals surface area contributed by atoms with Gasteiger partial charge in [0.2, 0.25) is 6.29 Å². The molecule has 0 aliphatic heterocycles. The Balaban J connectivity index is 2.58. The van der Waals surface area contributed by atoms with E-state index in [0.29, 0.717) is 5.13 Å². The molecular formula is C5H6N3OS. The molecule has 0 fully saturated rings. The lowest BCUT2D eigenvalue weighted by molar-refractivity contribution is 0.554. The Hall–Kier alpha value is -0.940. The Bertz CT molecular complexity index is 199. The van der Waals surface area contributed by atoms with E-state index in [2.05, 4.69) is 4.98 Å². The molecule has 1 heterocycles. The average Bonchev–Trinajstić information content (AvgIpc) is 2.38. The van der Waals surface area contributed by atoms with Crippen LogP contribution >= 0.6 is 11.3 Å². The van der Waals surface area contributed by atoms with Gasteiger partial charge in [0.05, 0.1) is 0 Å². The molecule has 0 aliphatic carbocycles. The fourth-order valence-electron chi connectivity index (χ4n) is 0.495. The zero-order chi connectivity index (χ0) is 7.40. The van der Waals surface area contributed by atoms with Gasteiger partial charge in [-0.2, -0.15) is 0 Å². The second-order valence-electron chi connectivity index (χ2n) is 1.59. The standard InChI is InChI=1S/C5H6N3OS/c6-8(2-3-9)5-7-1-4-10-5/h1,4H,2,6H2. The first-order valence-electron chi connectivity index (χ1n) is 2.61. The lowest BCUT2D eigenvalue weighted by Gasteiger charge is -2.08. The molecule has 1 aromatic heterocycles. The zero-order valence-electron chi connectivity index (χ0n) is 5.15. The molecule has 0 amide bonds. The molecule has 0 atom stereocenters. The van der Waals surface area contributed by atoms with Gasteiger partial charge in [-0.15, -0.1) is 11.3 Å². The van der Waals surface area contributed by atoms with Gasteiger partial charge in [-0.3, -0.25) is 9.80 Å². The minimum atomic E-state index is 0.0630. The van der Waals surface area contributed by atoms with Crippen LogP contribution < -0.4 is 10.9 Å². The number of rotatable bonds is 3. The maximum Gasteiger partial charge on any atom is 0.221 e. The molecule has 10 heavy (non-hydrogen) atoms. The molecule has 1 aromatic rings. The van der Waals surface area contributed by atoms with Gasteiger partial charge >= 0.3 is 0 Å². The summed E-state index contributed by atoms with van der Waals surface area (Å²) < 4.78 is 0. The van der Waals surface area contributed by atoms with Crippen molar-refractivity contribution in [1.29, 1.82) is 0 Å². The summed E-state index contributed by atoms with van der Waals surface area (Å²) >= 11 is 1.38. The number of hydrazine groups is 1. The maximum absolute atomic E-state index is 9.84. The molecule has 0 aromatic carbocycles. The topological polar surface area (TPSA) is 59.2 Å². The van der Waals surface area contributed by atoms with Gasteiger partial charge in [0.1, 0.15) is 6.54 Å². The molecule has 1 radical (unpaired) electrons. The van der Waals surface area contributed by atoms with Crippen molar-refractivity contribution in [3.8, 4) is 0 Å². The summed E-state index contributed by atoms with van der Waals surface area (Å²) in [5.41, 5.74) is 0. The number of nitrogens with zero attached hydrogens (tertiary/aromatic N) is 2. The maximum atomic E-state index is 9.84. The van der Waals surface area contributed by atoms with Crippen molar-refractivity contribution in [2.24, 2.45) is 5.84 Å². The van der Waals surface area contributed by atoms with E-state index in [-0.39, 0.29) is 6.54 Å². The summed E-state index contributed by atoms with van der Waals surface area (Å²) in [6.45, 7) is 0.0630. The molecule has 0 bridgehead atoms. The fraction of sp³-hybridized carbons (Fsp3) is 0.200. The number of aromatic nitrogens is 1. The highest BCUT2D eigenvalue weighted by Gasteiger charge is 2.01. The summed E-state index contributed by atoms with van der Waals surface area (Å²) in [7, 11) is 0. The van der Waals surface area contributed by atoms with Gasteiger partial charge in [0, 0.05) is 11.6 Å². The highest BCUT2D eigenvalue weighted by molar-refractivity contribution is 7.13. The van der Waals surface area contributed by atoms with Gasteiger partial charge in [-0.25, -0.2) is 10.8 Å². The van der Waals surface area contributed by atoms with Crippen molar-refractivity contribution in [2.45, 2.75) is 0 Å². The molecule has 1 rings (SSSR count). The van der Waals surface area contributed by atoms with Crippen molar-refractivity contribution < 1.29 is 4.79 Å². The van der Waals surface area contributed by atoms with E-state index in [9.17, 15) is 4.79 Å². The van der Waals surface area contributed by atoms with Crippen LogP contribution in [0.5, 0.6) is 0 Å². The highest BCUT2D eigenvalue weighted by Crippen LogP contribution is 2.12. The lowest BCUT2D eigenvalue weighted by atomic mass is 10.7. The van der Waals surface area contributed by atoms with Crippen LogP contribution in [0, 0.1) is 0 Å². The summed E-state index contributed by atoms with van der Waals surface area (Å²) in [4.78, 5) is 13.7. The van der Waals surface area contributed by atoms with Crippen LogP contribution in [0.25, 0.3) is 0 Å². The minimum Gasteiger partial charge on any atom is -0.289 e. The van der Waals surface area contributed by atoms with E-state index in [1.165, 1.54) is 16.3 Å². The van der Waals surface area contributed by atoms with E-state index < -0.39 is 0 Å². The Labute approximate surface area is 62.3 Å². The summed E-state index contributed by atoms with van der Waals surface area (Å²) in [6.07, 6.45) is 3.30. The molecule has 0 saturated heterocycles. The number of thiazole rings is 1. The molecule has 0 saturated carbocycles. The number of anilines is 1. The molecule has 0 spiro atoms. The Morgan fingerprint density at radius 1 is 1.90 bits per heavy atom. The van der Waals surface area contributed by atoms with Gasteiger partial charge in [0.15, 0.2) is 5.13 Å². The number of nitrogens with two attached hydrogens (primary N) is 1. The van der Waals surface area contributed by atoms with Crippen molar-refractivity contribution in [1.82, 2.24) is 4.98 Å². The number of hydrogen-bond donors (Lipinski definition) is 1. The zero-order valence-corrected chi connectivity index (χ0v) is 5.97. The third kappa shape index (κ3) is 1.52. The van der Waals surface area contributed by atoms with Crippen LogP contribution in [0.1, 0.15) is 0 Å². The van der Waals surface area contributed by atoms with E-state index in [1.807, 2.05) is 0 Å². The molecule has 2 N–H and O–H groups in total. The smallest absolute Gasteiger partial charge is 0.221 e. The van der Waals surface area contributed by atoms with Crippen molar-refractivity contribution >= 4 is 22.8 Å². The molecule has 5 heteroatoms. The third-order valence-electron chi connectivity index (χ3n) is 0.900.